The first-order chi connectivity index (χ1) is 12.4. The summed E-state index contributed by atoms with van der Waals surface area (Å²) in [5.74, 6) is 0.815. The van der Waals surface area contributed by atoms with E-state index in [-0.39, 0.29) is 12.1 Å². The maximum atomic E-state index is 11.9. The normalized spacial score (nSPS) is 16.4. The number of carbonyl (C=O) groups excluding carboxylic acids is 1. The molecule has 0 bridgehead atoms. The average molecular weight is 358 g/mol. The first-order valence-electron chi connectivity index (χ1n) is 8.95. The molecule has 0 unspecified atom stereocenters. The number of benzene rings is 1. The van der Waals surface area contributed by atoms with Gasteiger partial charge in [-0.1, -0.05) is 18.2 Å². The molecule has 1 aromatic heterocycles. The third kappa shape index (κ3) is 5.01. The number of hydrogen-bond donors (Lipinski definition) is 1. The van der Waals surface area contributed by atoms with E-state index in [1.165, 1.54) is 0 Å². The number of aromatic nitrogens is 4. The van der Waals surface area contributed by atoms with E-state index in [1.54, 1.807) is 4.68 Å². The number of carbonyl (C=O) groups is 1. The Labute approximate surface area is 153 Å². The largest absolute Gasteiger partial charge is 0.444 e. The van der Waals surface area contributed by atoms with Crippen molar-refractivity contribution in [3.05, 3.63) is 36.2 Å². The van der Waals surface area contributed by atoms with Crippen LogP contribution in [0, 0.1) is 0 Å². The van der Waals surface area contributed by atoms with Gasteiger partial charge in [-0.05, 0) is 56.2 Å². The highest BCUT2D eigenvalue weighted by molar-refractivity contribution is 5.68. The number of piperidine rings is 1. The molecule has 26 heavy (non-hydrogen) atoms. The summed E-state index contributed by atoms with van der Waals surface area (Å²) >= 11 is 0. The van der Waals surface area contributed by atoms with E-state index >= 15 is 0 Å². The van der Waals surface area contributed by atoms with Crippen molar-refractivity contribution < 1.29 is 9.53 Å². The lowest BCUT2D eigenvalue weighted by Gasteiger charge is -2.32. The van der Waals surface area contributed by atoms with Gasteiger partial charge in [0.15, 0.2) is 5.82 Å². The van der Waals surface area contributed by atoms with Crippen LogP contribution in [0.5, 0.6) is 0 Å². The number of nitrogens with one attached hydrogen (secondary N) is 1. The van der Waals surface area contributed by atoms with Gasteiger partial charge < -0.3 is 10.1 Å². The topological polar surface area (TPSA) is 85.2 Å². The van der Waals surface area contributed by atoms with E-state index in [0.717, 1.165) is 37.4 Å². The molecule has 0 saturated carbocycles. The Kier molecular flexibility index (Phi) is 5.51. The number of alkyl carbamates (subject to hydrolysis) is 1. The smallest absolute Gasteiger partial charge is 0.407 e. The van der Waals surface area contributed by atoms with Gasteiger partial charge in [-0.2, -0.15) is 4.68 Å². The molecule has 1 fully saturated rings. The summed E-state index contributed by atoms with van der Waals surface area (Å²) in [6.07, 6.45) is 1.42. The molecule has 2 heterocycles. The van der Waals surface area contributed by atoms with Gasteiger partial charge in [0, 0.05) is 19.1 Å². The number of likely N-dealkylation sites (tertiary alicyclic amines) is 1. The maximum Gasteiger partial charge on any atom is 0.407 e. The third-order valence-electron chi connectivity index (χ3n) is 4.21. The second-order valence-electron chi connectivity index (χ2n) is 7.54. The van der Waals surface area contributed by atoms with Crippen LogP contribution in [0.4, 0.5) is 4.79 Å². The van der Waals surface area contributed by atoms with Crippen LogP contribution in [0.2, 0.25) is 0 Å². The van der Waals surface area contributed by atoms with Gasteiger partial charge in [-0.15, -0.1) is 5.10 Å². The molecule has 0 atom stereocenters. The summed E-state index contributed by atoms with van der Waals surface area (Å²) in [6, 6.07) is 10.0. The highest BCUT2D eigenvalue weighted by atomic mass is 16.6. The molecule has 0 aliphatic carbocycles. The zero-order valence-electron chi connectivity index (χ0n) is 15.6. The van der Waals surface area contributed by atoms with E-state index in [9.17, 15) is 4.79 Å². The minimum atomic E-state index is -0.473. The second-order valence-corrected chi connectivity index (χ2v) is 7.54. The molecule has 140 valence electrons. The van der Waals surface area contributed by atoms with Gasteiger partial charge in [0.05, 0.1) is 12.2 Å². The number of para-hydroxylation sites is 1. The van der Waals surface area contributed by atoms with Crippen LogP contribution < -0.4 is 5.32 Å². The predicted molar refractivity (Wildman–Crippen MR) is 96.8 cm³/mol. The first-order valence-corrected chi connectivity index (χ1v) is 8.95. The molecule has 1 aliphatic heterocycles. The molecule has 2 aromatic rings. The van der Waals surface area contributed by atoms with Gasteiger partial charge in [0.1, 0.15) is 5.60 Å². The van der Waals surface area contributed by atoms with Crippen molar-refractivity contribution in [2.24, 2.45) is 0 Å². The molecule has 0 radical (unpaired) electrons. The van der Waals surface area contributed by atoms with Crippen molar-refractivity contribution in [1.29, 1.82) is 0 Å². The zero-order valence-corrected chi connectivity index (χ0v) is 15.6. The quantitative estimate of drug-likeness (QED) is 0.901. The van der Waals surface area contributed by atoms with Crippen LogP contribution in [0.3, 0.4) is 0 Å². The fraction of sp³-hybridized carbons (Fsp3) is 0.556. The van der Waals surface area contributed by atoms with Crippen LogP contribution in [0.25, 0.3) is 5.69 Å². The molecule has 8 nitrogen and oxygen atoms in total. The fourth-order valence-corrected chi connectivity index (χ4v) is 2.98. The van der Waals surface area contributed by atoms with E-state index in [0.29, 0.717) is 6.54 Å². The molecular formula is C18H26N6O2. The van der Waals surface area contributed by atoms with Gasteiger partial charge in [-0.3, -0.25) is 4.90 Å². The van der Waals surface area contributed by atoms with Gasteiger partial charge >= 0.3 is 6.09 Å². The number of hydrogen-bond acceptors (Lipinski definition) is 6. The molecular weight excluding hydrogens is 332 g/mol. The summed E-state index contributed by atoms with van der Waals surface area (Å²) in [7, 11) is 0. The van der Waals surface area contributed by atoms with Crippen molar-refractivity contribution in [3.63, 3.8) is 0 Å². The van der Waals surface area contributed by atoms with Crippen LogP contribution in [-0.2, 0) is 11.3 Å². The Morgan fingerprint density at radius 1 is 1.23 bits per heavy atom. The summed E-state index contributed by atoms with van der Waals surface area (Å²) in [6.45, 7) is 8.04. The fourth-order valence-electron chi connectivity index (χ4n) is 2.98. The first kappa shape index (κ1) is 18.3. The number of nitrogens with zero attached hydrogens (tertiary/aromatic N) is 5. The lowest BCUT2D eigenvalue weighted by atomic mass is 10.1. The molecule has 1 N–H and O–H groups in total. The average Bonchev–Trinajstić information content (AvgIpc) is 3.04. The minimum absolute atomic E-state index is 0.145. The molecule has 3 rings (SSSR count). The molecule has 1 amide bonds. The lowest BCUT2D eigenvalue weighted by Crippen LogP contribution is -2.46. The van der Waals surface area contributed by atoms with Gasteiger partial charge in [0.2, 0.25) is 0 Å². The second kappa shape index (κ2) is 7.82. The Morgan fingerprint density at radius 3 is 2.58 bits per heavy atom. The van der Waals surface area contributed by atoms with E-state index in [2.05, 4.69) is 25.7 Å². The number of amides is 1. The molecule has 0 spiro atoms. The predicted octanol–water partition coefficient (Wildman–Crippen LogP) is 2.15. The van der Waals surface area contributed by atoms with Crippen LogP contribution in [-0.4, -0.2) is 55.9 Å². The SMILES string of the molecule is CC(C)(C)OC(=O)NC1CCN(Cc2nnnn2-c2ccccc2)CC1. The Bertz CT molecular complexity index is 717. The number of tetrazole rings is 1. The lowest BCUT2D eigenvalue weighted by molar-refractivity contribution is 0.0477. The zero-order chi connectivity index (χ0) is 18.6. The van der Waals surface area contributed by atoms with Crippen molar-refractivity contribution in [3.8, 4) is 5.69 Å². The minimum Gasteiger partial charge on any atom is -0.444 e. The summed E-state index contributed by atoms with van der Waals surface area (Å²) in [5.41, 5.74) is 0.480. The summed E-state index contributed by atoms with van der Waals surface area (Å²) in [4.78, 5) is 14.2. The van der Waals surface area contributed by atoms with Crippen molar-refractivity contribution in [2.75, 3.05) is 13.1 Å². The maximum absolute atomic E-state index is 11.9. The standard InChI is InChI=1S/C18H26N6O2/c1-18(2,3)26-17(25)19-14-9-11-23(12-10-14)13-16-20-21-22-24(16)15-7-5-4-6-8-15/h4-8,14H,9-13H2,1-3H3,(H,19,25). The van der Waals surface area contributed by atoms with Crippen LogP contribution in [0.15, 0.2) is 30.3 Å². The number of rotatable bonds is 4. The number of ether oxygens (including phenoxy) is 1. The summed E-state index contributed by atoms with van der Waals surface area (Å²) < 4.78 is 7.09. The van der Waals surface area contributed by atoms with E-state index in [4.69, 9.17) is 4.74 Å². The van der Waals surface area contributed by atoms with E-state index < -0.39 is 5.60 Å². The third-order valence-corrected chi connectivity index (χ3v) is 4.21. The Morgan fingerprint density at radius 2 is 1.92 bits per heavy atom. The molecule has 1 saturated heterocycles. The molecule has 1 aliphatic rings. The van der Waals surface area contributed by atoms with Gasteiger partial charge in [0.25, 0.3) is 0 Å². The summed E-state index contributed by atoms with van der Waals surface area (Å²) in [5, 5.41) is 15.0. The Hall–Kier alpha value is -2.48. The van der Waals surface area contributed by atoms with Crippen LogP contribution in [0.1, 0.15) is 39.4 Å². The highest BCUT2D eigenvalue weighted by Gasteiger charge is 2.24. The Balaban J connectivity index is 1.51. The molecule has 1 aromatic carbocycles. The van der Waals surface area contributed by atoms with Crippen molar-refractivity contribution in [2.45, 2.75) is 51.8 Å². The molecule has 8 heteroatoms. The van der Waals surface area contributed by atoms with Crippen molar-refractivity contribution >= 4 is 6.09 Å². The highest BCUT2D eigenvalue weighted by Crippen LogP contribution is 2.15. The van der Waals surface area contributed by atoms with E-state index in [1.807, 2.05) is 51.1 Å². The van der Waals surface area contributed by atoms with Crippen LogP contribution >= 0.6 is 0 Å². The monoisotopic (exact) mass is 358 g/mol. The van der Waals surface area contributed by atoms with Gasteiger partial charge in [-0.25, -0.2) is 4.79 Å². The van der Waals surface area contributed by atoms with Crippen molar-refractivity contribution in [1.82, 2.24) is 30.4 Å².